The Labute approximate surface area is 220 Å². The van der Waals surface area contributed by atoms with Crippen LogP contribution in [0.5, 0.6) is 5.75 Å². The molecule has 1 fully saturated rings. The van der Waals surface area contributed by atoms with E-state index in [1.807, 2.05) is 30.4 Å². The van der Waals surface area contributed by atoms with Gasteiger partial charge in [0, 0.05) is 12.8 Å². The van der Waals surface area contributed by atoms with E-state index in [-0.39, 0.29) is 18.2 Å². The molecule has 1 saturated heterocycles. The lowest BCUT2D eigenvalue weighted by Gasteiger charge is -2.24. The number of carbonyl (C=O) groups is 1. The molecule has 0 bridgehead atoms. The van der Waals surface area contributed by atoms with Gasteiger partial charge in [0.2, 0.25) is 0 Å². The van der Waals surface area contributed by atoms with Crippen molar-refractivity contribution in [2.24, 2.45) is 0 Å². The van der Waals surface area contributed by atoms with Gasteiger partial charge in [-0.2, -0.15) is 0 Å². The minimum Gasteiger partial charge on any atom is -0.488 e. The molecule has 4 rings (SSSR count). The van der Waals surface area contributed by atoms with Crippen LogP contribution in [-0.4, -0.2) is 29.6 Å². The molecule has 37 heavy (non-hydrogen) atoms. The second-order valence-corrected chi connectivity index (χ2v) is 9.85. The molecule has 2 aromatic rings. The van der Waals surface area contributed by atoms with E-state index in [9.17, 15) is 9.90 Å². The Morgan fingerprint density at radius 3 is 2.43 bits per heavy atom. The summed E-state index contributed by atoms with van der Waals surface area (Å²) in [5.41, 5.74) is 3.60. The van der Waals surface area contributed by atoms with E-state index >= 15 is 0 Å². The van der Waals surface area contributed by atoms with Crippen molar-refractivity contribution in [3.05, 3.63) is 95.8 Å². The van der Waals surface area contributed by atoms with Crippen LogP contribution in [-0.2, 0) is 9.47 Å². The summed E-state index contributed by atoms with van der Waals surface area (Å²) in [7, 11) is 0. The topological polar surface area (TPSA) is 65.0 Å². The molecule has 3 unspecified atom stereocenters. The predicted octanol–water partition coefficient (Wildman–Crippen LogP) is 7.38. The van der Waals surface area contributed by atoms with Crippen LogP contribution in [0.4, 0.5) is 0 Å². The molecule has 2 aromatic carbocycles. The Bertz CT molecular complexity index is 1100. The minimum absolute atomic E-state index is 0.189. The number of allylic oxidation sites excluding steroid dienone is 4. The molecule has 0 spiro atoms. The fourth-order valence-electron chi connectivity index (χ4n) is 4.78. The smallest absolute Gasteiger partial charge is 0.343 e. The zero-order valence-corrected chi connectivity index (χ0v) is 21.7. The number of hydrogen-bond acceptors (Lipinski definition) is 5. The summed E-state index contributed by atoms with van der Waals surface area (Å²) in [6.45, 7) is 6.11. The fraction of sp³-hybridized carbons (Fsp3) is 0.406. The molecule has 196 valence electrons. The Balaban J connectivity index is 1.34. The zero-order valence-electron chi connectivity index (χ0n) is 21.7. The second-order valence-electron chi connectivity index (χ2n) is 9.85. The number of rotatable bonds is 12. The average molecular weight is 503 g/mol. The summed E-state index contributed by atoms with van der Waals surface area (Å²) < 4.78 is 17.7. The Morgan fingerprint density at radius 2 is 1.78 bits per heavy atom. The van der Waals surface area contributed by atoms with Crippen LogP contribution >= 0.6 is 0 Å². The van der Waals surface area contributed by atoms with Gasteiger partial charge in [-0.15, -0.1) is 0 Å². The number of esters is 1. The van der Waals surface area contributed by atoms with Gasteiger partial charge in [-0.05, 0) is 66.3 Å². The van der Waals surface area contributed by atoms with E-state index in [0.29, 0.717) is 35.5 Å². The molecule has 5 nitrogen and oxygen atoms in total. The van der Waals surface area contributed by atoms with E-state index in [2.05, 4.69) is 25.6 Å². The van der Waals surface area contributed by atoms with E-state index in [4.69, 9.17) is 14.2 Å². The largest absolute Gasteiger partial charge is 0.488 e. The molecule has 0 saturated carbocycles. The summed E-state index contributed by atoms with van der Waals surface area (Å²) in [5.74, 6) is 0.962. The lowest BCUT2D eigenvalue weighted by Crippen LogP contribution is -2.32. The van der Waals surface area contributed by atoms with Crippen molar-refractivity contribution < 1.29 is 24.1 Å². The molecule has 0 radical (unpaired) electrons. The van der Waals surface area contributed by atoms with Crippen molar-refractivity contribution in [3.8, 4) is 5.75 Å². The molecule has 5 heteroatoms. The van der Waals surface area contributed by atoms with E-state index < -0.39 is 6.29 Å². The van der Waals surface area contributed by atoms with E-state index in [0.717, 1.165) is 25.7 Å². The molecule has 3 atom stereocenters. The summed E-state index contributed by atoms with van der Waals surface area (Å²) in [6.07, 6.45) is 11.3. The van der Waals surface area contributed by atoms with Gasteiger partial charge in [0.05, 0.1) is 5.56 Å². The number of unbranched alkanes of at least 4 members (excludes halogenated alkanes) is 4. The maximum Gasteiger partial charge on any atom is 0.343 e. The normalized spacial score (nSPS) is 20.2. The number of aliphatic hydroxyl groups excluding tert-OH is 1. The molecule has 0 aromatic heterocycles. The monoisotopic (exact) mass is 502 g/mol. The van der Waals surface area contributed by atoms with Crippen LogP contribution in [0.3, 0.4) is 0 Å². The third-order valence-electron chi connectivity index (χ3n) is 6.98. The standard InChI is InChI=1S/C32H38O5/c1-3-4-5-6-10-13-29(30-22-23(2)31(33)37-30)35-27-20-16-26(17-21-27)32(34)36-28-18-14-25(15-19-28)24-11-8-7-9-12-24/h7-9,11-12,14,16-18,20-21,29-31,33H,2-6,10,13,15,19,22H2,1H3. The first kappa shape index (κ1) is 26.9. The summed E-state index contributed by atoms with van der Waals surface area (Å²) in [6, 6.07) is 17.3. The maximum absolute atomic E-state index is 12.7. The Hall–Kier alpha value is -3.15. The molecule has 0 amide bonds. The highest BCUT2D eigenvalue weighted by Gasteiger charge is 2.34. The van der Waals surface area contributed by atoms with Gasteiger partial charge in [0.15, 0.2) is 6.29 Å². The maximum atomic E-state index is 12.7. The molecule has 1 N–H and O–H groups in total. The van der Waals surface area contributed by atoms with Gasteiger partial charge in [0.25, 0.3) is 0 Å². The van der Waals surface area contributed by atoms with Gasteiger partial charge in [-0.3, -0.25) is 0 Å². The third kappa shape index (κ3) is 7.67. The van der Waals surface area contributed by atoms with Crippen LogP contribution in [0.25, 0.3) is 5.57 Å². The van der Waals surface area contributed by atoms with Gasteiger partial charge in [0.1, 0.15) is 23.7 Å². The van der Waals surface area contributed by atoms with E-state index in [1.165, 1.54) is 30.4 Å². The second kappa shape index (κ2) is 13.4. The summed E-state index contributed by atoms with van der Waals surface area (Å²) >= 11 is 0. The number of benzene rings is 2. The first-order chi connectivity index (χ1) is 18.0. The number of hydrogen-bond donors (Lipinski definition) is 1. The lowest BCUT2D eigenvalue weighted by atomic mass is 9.97. The van der Waals surface area contributed by atoms with Crippen molar-refractivity contribution >= 4 is 11.5 Å². The highest BCUT2D eigenvalue weighted by atomic mass is 16.6. The number of carbonyl (C=O) groups excluding carboxylic acids is 1. The lowest BCUT2D eigenvalue weighted by molar-refractivity contribution is -0.107. The number of aliphatic hydroxyl groups is 1. The summed E-state index contributed by atoms with van der Waals surface area (Å²) in [4.78, 5) is 12.7. The summed E-state index contributed by atoms with van der Waals surface area (Å²) in [5, 5.41) is 9.99. The highest BCUT2D eigenvalue weighted by Crippen LogP contribution is 2.31. The Morgan fingerprint density at radius 1 is 1.03 bits per heavy atom. The van der Waals surface area contributed by atoms with Crippen molar-refractivity contribution in [2.45, 2.75) is 83.2 Å². The quantitative estimate of drug-likeness (QED) is 0.186. The van der Waals surface area contributed by atoms with E-state index in [1.54, 1.807) is 24.3 Å². The van der Waals surface area contributed by atoms with Crippen LogP contribution in [0.15, 0.2) is 84.7 Å². The van der Waals surface area contributed by atoms with Crippen molar-refractivity contribution in [1.29, 1.82) is 0 Å². The van der Waals surface area contributed by atoms with Crippen LogP contribution < -0.4 is 4.74 Å². The van der Waals surface area contributed by atoms with Gasteiger partial charge in [-0.25, -0.2) is 4.79 Å². The first-order valence-electron chi connectivity index (χ1n) is 13.5. The van der Waals surface area contributed by atoms with Crippen molar-refractivity contribution in [2.75, 3.05) is 0 Å². The number of ether oxygens (including phenoxy) is 3. The minimum atomic E-state index is -0.930. The molecule has 2 aliphatic rings. The fourth-order valence-corrected chi connectivity index (χ4v) is 4.78. The molecular formula is C32H38O5. The van der Waals surface area contributed by atoms with Crippen LogP contribution in [0, 0.1) is 0 Å². The Kier molecular flexibility index (Phi) is 9.75. The molecule has 1 aliphatic heterocycles. The zero-order chi connectivity index (χ0) is 26.0. The SMILES string of the molecule is C=C1CC(C(CCCCCCC)Oc2ccc(C(=O)OC3=CC=C(c4ccccc4)CC3)cc2)OC1O. The van der Waals surface area contributed by atoms with Gasteiger partial charge >= 0.3 is 5.97 Å². The van der Waals surface area contributed by atoms with Crippen molar-refractivity contribution in [3.63, 3.8) is 0 Å². The molecule has 1 heterocycles. The third-order valence-corrected chi connectivity index (χ3v) is 6.98. The highest BCUT2D eigenvalue weighted by molar-refractivity contribution is 5.90. The predicted molar refractivity (Wildman–Crippen MR) is 146 cm³/mol. The van der Waals surface area contributed by atoms with Crippen molar-refractivity contribution in [1.82, 2.24) is 0 Å². The van der Waals surface area contributed by atoms with Crippen LogP contribution in [0.2, 0.25) is 0 Å². The molecular weight excluding hydrogens is 464 g/mol. The van der Waals surface area contributed by atoms with Gasteiger partial charge < -0.3 is 19.3 Å². The van der Waals surface area contributed by atoms with Gasteiger partial charge in [-0.1, -0.05) is 75.6 Å². The average Bonchev–Trinajstić information content (AvgIpc) is 3.27. The first-order valence-corrected chi connectivity index (χ1v) is 13.5. The van der Waals surface area contributed by atoms with Crippen LogP contribution in [0.1, 0.15) is 80.6 Å². The molecule has 1 aliphatic carbocycles.